The fourth-order valence-electron chi connectivity index (χ4n) is 2.72. The third-order valence-electron chi connectivity index (χ3n) is 3.86. The number of aliphatic carboxylic acids is 1. The summed E-state index contributed by atoms with van der Waals surface area (Å²) in [6.07, 6.45) is -0.659. The zero-order chi connectivity index (χ0) is 19.6. The molecule has 9 heteroatoms. The van der Waals surface area contributed by atoms with E-state index in [1.807, 2.05) is 0 Å². The zero-order valence-corrected chi connectivity index (χ0v) is 16.6. The van der Waals surface area contributed by atoms with Crippen LogP contribution < -0.4 is 9.64 Å². The summed E-state index contributed by atoms with van der Waals surface area (Å²) in [6.45, 7) is 5.75. The number of piperazine rings is 1. The van der Waals surface area contributed by atoms with Gasteiger partial charge in [-0.05, 0) is 32.9 Å². The molecule has 0 aliphatic carbocycles. The van der Waals surface area contributed by atoms with Crippen molar-refractivity contribution in [3.8, 4) is 5.75 Å². The normalized spacial score (nSPS) is 17.8. The van der Waals surface area contributed by atoms with E-state index in [2.05, 4.69) is 0 Å². The van der Waals surface area contributed by atoms with Crippen LogP contribution in [0.5, 0.6) is 5.75 Å². The lowest BCUT2D eigenvalue weighted by Crippen LogP contribution is -2.59. The number of hydrogen-bond donors (Lipinski definition) is 1. The van der Waals surface area contributed by atoms with E-state index in [9.17, 15) is 14.7 Å². The molecular weight excluding hydrogens is 383 g/mol. The molecule has 7 nitrogen and oxygen atoms in total. The third-order valence-corrected chi connectivity index (χ3v) is 4.66. The van der Waals surface area contributed by atoms with Gasteiger partial charge in [0.15, 0.2) is 0 Å². The van der Waals surface area contributed by atoms with E-state index in [0.717, 1.165) is 0 Å². The number of nitrogens with zero attached hydrogens (tertiary/aromatic N) is 2. The molecule has 2 rings (SSSR count). The molecule has 144 valence electrons. The average molecular weight is 405 g/mol. The van der Waals surface area contributed by atoms with Gasteiger partial charge in [0, 0.05) is 19.6 Å². The smallest absolute Gasteiger partial charge is 0.411 e. The third kappa shape index (κ3) is 4.45. The number of halogens is 2. The highest BCUT2D eigenvalue weighted by molar-refractivity contribution is 6.44. The number of amides is 1. The van der Waals surface area contributed by atoms with Crippen LogP contribution in [0.4, 0.5) is 10.5 Å². The largest absolute Gasteiger partial charge is 0.495 e. The molecule has 0 radical (unpaired) electrons. The summed E-state index contributed by atoms with van der Waals surface area (Å²) in [5.74, 6) is -0.646. The van der Waals surface area contributed by atoms with Crippen LogP contribution in [0, 0.1) is 0 Å². The Hall–Kier alpha value is -1.86. The first-order valence-corrected chi connectivity index (χ1v) is 8.80. The molecule has 0 saturated carbocycles. The van der Waals surface area contributed by atoms with Crippen LogP contribution in [0.15, 0.2) is 12.1 Å². The summed E-state index contributed by atoms with van der Waals surface area (Å²) in [4.78, 5) is 27.1. The average Bonchev–Trinajstić information content (AvgIpc) is 2.55. The lowest BCUT2D eigenvalue weighted by atomic mass is 10.1. The van der Waals surface area contributed by atoms with Gasteiger partial charge in [0.05, 0.1) is 22.8 Å². The molecule has 1 aromatic rings. The summed E-state index contributed by atoms with van der Waals surface area (Å²) < 4.78 is 10.7. The molecule has 0 aromatic heterocycles. The van der Waals surface area contributed by atoms with Gasteiger partial charge in [-0.3, -0.25) is 4.90 Å². The fraction of sp³-hybridized carbons (Fsp3) is 0.529. The van der Waals surface area contributed by atoms with Crippen LogP contribution in [0.1, 0.15) is 20.8 Å². The maximum Gasteiger partial charge on any atom is 0.411 e. The van der Waals surface area contributed by atoms with Crippen molar-refractivity contribution >= 4 is 41.0 Å². The first kappa shape index (κ1) is 20.5. The Morgan fingerprint density at radius 3 is 2.42 bits per heavy atom. The van der Waals surface area contributed by atoms with E-state index in [0.29, 0.717) is 23.0 Å². The molecule has 1 aliphatic rings. The van der Waals surface area contributed by atoms with Gasteiger partial charge in [0.1, 0.15) is 17.4 Å². The molecule has 0 spiro atoms. The summed E-state index contributed by atoms with van der Waals surface area (Å²) in [7, 11) is 1.49. The Morgan fingerprint density at radius 1 is 1.23 bits per heavy atom. The SMILES string of the molecule is COc1ccc(Cl)c(Cl)c1N1CCN(C(=O)OC(C)(C)C)[C@@H](C(=O)O)C1. The van der Waals surface area contributed by atoms with Gasteiger partial charge in [-0.2, -0.15) is 0 Å². The van der Waals surface area contributed by atoms with Gasteiger partial charge < -0.3 is 19.5 Å². The number of methoxy groups -OCH3 is 1. The summed E-state index contributed by atoms with van der Waals surface area (Å²) >= 11 is 12.4. The summed E-state index contributed by atoms with van der Waals surface area (Å²) in [6, 6.07) is 2.19. The van der Waals surface area contributed by atoms with Crippen LogP contribution in [-0.2, 0) is 9.53 Å². The zero-order valence-electron chi connectivity index (χ0n) is 15.1. The first-order chi connectivity index (χ1) is 12.0. The van der Waals surface area contributed by atoms with E-state index >= 15 is 0 Å². The fourth-order valence-corrected chi connectivity index (χ4v) is 3.15. The van der Waals surface area contributed by atoms with Gasteiger partial charge in [-0.1, -0.05) is 23.2 Å². The lowest BCUT2D eigenvalue weighted by molar-refractivity contribution is -0.143. The monoisotopic (exact) mass is 404 g/mol. The summed E-state index contributed by atoms with van der Waals surface area (Å²) in [5.41, 5.74) is -0.201. The molecule has 1 fully saturated rings. The number of carboxylic acid groups (broad SMARTS) is 1. The number of hydrogen-bond acceptors (Lipinski definition) is 5. The van der Waals surface area contributed by atoms with Crippen molar-refractivity contribution in [3.05, 3.63) is 22.2 Å². The molecule has 1 aromatic carbocycles. The molecule has 1 amide bonds. The maximum absolute atomic E-state index is 12.4. The second-order valence-electron chi connectivity index (χ2n) is 6.89. The molecule has 1 N–H and O–H groups in total. The molecule has 0 unspecified atom stereocenters. The van der Waals surface area contributed by atoms with Crippen molar-refractivity contribution < 1.29 is 24.2 Å². The number of benzene rings is 1. The number of rotatable bonds is 3. The Balaban J connectivity index is 2.30. The highest BCUT2D eigenvalue weighted by atomic mass is 35.5. The molecular formula is C17H22Cl2N2O5. The van der Waals surface area contributed by atoms with Crippen LogP contribution in [-0.4, -0.2) is 60.5 Å². The standard InChI is InChI=1S/C17H22Cl2N2O5/c1-17(2,3)26-16(24)21-8-7-20(9-11(21)15(22)23)14-12(25-4)6-5-10(18)13(14)19/h5-6,11H,7-9H2,1-4H3,(H,22,23)/t11-/m1/s1. The number of carbonyl (C=O) groups excluding carboxylic acids is 1. The van der Waals surface area contributed by atoms with Crippen LogP contribution in [0.2, 0.25) is 10.0 Å². The Morgan fingerprint density at radius 2 is 1.88 bits per heavy atom. The van der Waals surface area contributed by atoms with Gasteiger partial charge in [0.2, 0.25) is 0 Å². The van der Waals surface area contributed by atoms with E-state index in [4.69, 9.17) is 32.7 Å². The highest BCUT2D eigenvalue weighted by Crippen LogP contribution is 2.41. The maximum atomic E-state index is 12.4. The van der Waals surface area contributed by atoms with E-state index in [1.54, 1.807) is 37.8 Å². The minimum atomic E-state index is -1.13. The Bertz CT molecular complexity index is 705. The Kier molecular flexibility index (Phi) is 6.13. The van der Waals surface area contributed by atoms with Crippen LogP contribution in [0.3, 0.4) is 0 Å². The lowest BCUT2D eigenvalue weighted by Gasteiger charge is -2.41. The van der Waals surface area contributed by atoms with Crippen molar-refractivity contribution in [2.45, 2.75) is 32.4 Å². The molecule has 0 bridgehead atoms. The van der Waals surface area contributed by atoms with Gasteiger partial charge >= 0.3 is 12.1 Å². The molecule has 1 atom stereocenters. The quantitative estimate of drug-likeness (QED) is 0.829. The number of anilines is 1. The predicted octanol–water partition coefficient (Wildman–Crippen LogP) is 3.51. The van der Waals surface area contributed by atoms with Crippen molar-refractivity contribution in [1.29, 1.82) is 0 Å². The second kappa shape index (κ2) is 7.80. The van der Waals surface area contributed by atoms with Crippen molar-refractivity contribution in [3.63, 3.8) is 0 Å². The first-order valence-electron chi connectivity index (χ1n) is 8.04. The minimum absolute atomic E-state index is 0.0327. The minimum Gasteiger partial charge on any atom is -0.495 e. The molecule has 1 saturated heterocycles. The Labute approximate surface area is 162 Å². The van der Waals surface area contributed by atoms with Crippen molar-refractivity contribution in [2.24, 2.45) is 0 Å². The van der Waals surface area contributed by atoms with Crippen LogP contribution in [0.25, 0.3) is 0 Å². The second-order valence-corrected chi connectivity index (χ2v) is 7.67. The number of carbonyl (C=O) groups is 2. The van der Waals surface area contributed by atoms with Crippen molar-refractivity contribution in [1.82, 2.24) is 4.90 Å². The van der Waals surface area contributed by atoms with Crippen LogP contribution >= 0.6 is 23.2 Å². The number of carboxylic acids is 1. The van der Waals surface area contributed by atoms with E-state index in [1.165, 1.54) is 12.0 Å². The van der Waals surface area contributed by atoms with Gasteiger partial charge in [-0.25, -0.2) is 9.59 Å². The van der Waals surface area contributed by atoms with E-state index < -0.39 is 23.7 Å². The topological polar surface area (TPSA) is 79.3 Å². The molecule has 1 aliphatic heterocycles. The van der Waals surface area contributed by atoms with Gasteiger partial charge in [-0.15, -0.1) is 0 Å². The predicted molar refractivity (Wildman–Crippen MR) is 99.6 cm³/mol. The number of ether oxygens (including phenoxy) is 2. The molecule has 1 heterocycles. The molecule has 26 heavy (non-hydrogen) atoms. The van der Waals surface area contributed by atoms with E-state index in [-0.39, 0.29) is 18.1 Å². The highest BCUT2D eigenvalue weighted by Gasteiger charge is 2.38. The van der Waals surface area contributed by atoms with Gasteiger partial charge in [0.25, 0.3) is 0 Å². The summed E-state index contributed by atoms with van der Waals surface area (Å²) in [5, 5.41) is 10.2. The van der Waals surface area contributed by atoms with Crippen molar-refractivity contribution in [2.75, 3.05) is 31.6 Å².